The maximum absolute atomic E-state index is 8.88. The van der Waals surface area contributed by atoms with Crippen LogP contribution in [0.3, 0.4) is 0 Å². The van der Waals surface area contributed by atoms with Gasteiger partial charge in [-0.15, -0.1) is 0 Å². The van der Waals surface area contributed by atoms with E-state index in [1.165, 1.54) is 0 Å². The molecular weight excluding hydrogens is 228 g/mol. The molecule has 0 radical (unpaired) electrons. The van der Waals surface area contributed by atoms with Crippen LogP contribution in [0.1, 0.15) is 1.43 Å². The first-order chi connectivity index (χ1) is 2.00. The van der Waals surface area contributed by atoms with Crippen molar-refractivity contribution in [3.63, 3.8) is 0 Å². The topological polar surface area (TPSA) is 77.8 Å². The molecule has 0 saturated carbocycles. The van der Waals surface area contributed by atoms with Gasteiger partial charge >= 0.3 is 76.7 Å². The van der Waals surface area contributed by atoms with Gasteiger partial charge in [-0.1, -0.05) is 0 Å². The molecule has 4 nitrogen and oxygen atoms in total. The van der Waals surface area contributed by atoms with E-state index < -0.39 is 7.82 Å². The minimum absolute atomic E-state index is 0. The van der Waals surface area contributed by atoms with E-state index >= 15 is 0 Å². The molecule has 0 fully saturated rings. The molecule has 0 aromatic rings. The molecule has 0 heterocycles. The quantitative estimate of drug-likeness (QED) is 0.374. The second kappa shape index (κ2) is 4.08. The Morgan fingerprint density at radius 1 is 1.33 bits per heavy atom. The minimum Gasteiger partial charge on any atom is -1.00 e. The van der Waals surface area contributed by atoms with Gasteiger partial charge in [-0.2, -0.15) is 0 Å². The summed E-state index contributed by atoms with van der Waals surface area (Å²) in [4.78, 5) is 21.6. The third-order valence-corrected chi connectivity index (χ3v) is 0. The van der Waals surface area contributed by atoms with Gasteiger partial charge in [0.15, 0.2) is 0 Å². The van der Waals surface area contributed by atoms with Crippen LogP contribution < -0.4 is 68.9 Å². The Bertz CT molecular complexity index is 57.8. The molecule has 0 rings (SSSR count). The standard InChI is InChI=1S/Cs.H3O4P.H/c;1-5(2,3)4;/h;(H3,1,2,3,4);/q+1;;-1. The first-order valence-corrected chi connectivity index (χ1v) is 2.35. The smallest absolute Gasteiger partial charge is 1.00 e. The molecule has 0 aliphatic rings. The summed E-state index contributed by atoms with van der Waals surface area (Å²) < 4.78 is 8.88. The Hall–Kier alpha value is 2.16. The van der Waals surface area contributed by atoms with E-state index in [-0.39, 0.29) is 70.3 Å². The predicted octanol–water partition coefficient (Wildman–Crippen LogP) is -3.81. The zero-order valence-corrected chi connectivity index (χ0v) is 10.4. The van der Waals surface area contributed by atoms with Crippen LogP contribution >= 0.6 is 7.82 Å². The van der Waals surface area contributed by atoms with Crippen molar-refractivity contribution in [2.45, 2.75) is 0 Å². The van der Waals surface area contributed by atoms with Gasteiger partial charge in [0.05, 0.1) is 0 Å². The maximum Gasteiger partial charge on any atom is 1.00 e. The van der Waals surface area contributed by atoms with Crippen molar-refractivity contribution >= 4 is 7.82 Å². The van der Waals surface area contributed by atoms with Crippen LogP contribution in [-0.2, 0) is 4.57 Å². The summed E-state index contributed by atoms with van der Waals surface area (Å²) in [6.45, 7) is 0. The molecule has 0 saturated heterocycles. The van der Waals surface area contributed by atoms with Gasteiger partial charge < -0.3 is 16.1 Å². The van der Waals surface area contributed by atoms with Crippen LogP contribution in [0, 0.1) is 0 Å². The van der Waals surface area contributed by atoms with Crippen molar-refractivity contribution < 1.29 is 89.6 Å². The second-order valence-corrected chi connectivity index (χ2v) is 1.54. The van der Waals surface area contributed by atoms with E-state index in [0.29, 0.717) is 0 Å². The van der Waals surface area contributed by atoms with E-state index in [2.05, 4.69) is 0 Å². The molecule has 0 aromatic carbocycles. The van der Waals surface area contributed by atoms with E-state index in [0.717, 1.165) is 0 Å². The number of hydrogen-bond acceptors (Lipinski definition) is 1. The fourth-order valence-electron chi connectivity index (χ4n) is 0. The second-order valence-electron chi connectivity index (χ2n) is 0.513. The summed E-state index contributed by atoms with van der Waals surface area (Å²) in [6.07, 6.45) is 0. The van der Waals surface area contributed by atoms with Crippen molar-refractivity contribution in [3.8, 4) is 0 Å². The van der Waals surface area contributed by atoms with E-state index in [9.17, 15) is 0 Å². The molecule has 0 atom stereocenters. The third kappa shape index (κ3) is 35.1. The Morgan fingerprint density at radius 3 is 1.33 bits per heavy atom. The first kappa shape index (κ1) is 11.0. The van der Waals surface area contributed by atoms with Gasteiger partial charge in [-0.05, 0) is 0 Å². The molecule has 34 valence electrons. The molecule has 0 bridgehead atoms. The molecule has 0 unspecified atom stereocenters. The van der Waals surface area contributed by atoms with Crippen LogP contribution in [0.25, 0.3) is 0 Å². The van der Waals surface area contributed by atoms with Crippen LogP contribution in [0.2, 0.25) is 0 Å². The fraction of sp³-hybridized carbons (Fsp3) is 0. The first-order valence-electron chi connectivity index (χ1n) is 0.783. The van der Waals surface area contributed by atoms with Crippen molar-refractivity contribution in [2.75, 3.05) is 0 Å². The third-order valence-electron chi connectivity index (χ3n) is 0. The molecule has 0 aliphatic heterocycles. The molecule has 0 amide bonds. The Kier molecular flexibility index (Phi) is 7.50. The van der Waals surface area contributed by atoms with Crippen LogP contribution in [-0.4, -0.2) is 14.7 Å². The van der Waals surface area contributed by atoms with Gasteiger partial charge in [0.1, 0.15) is 0 Å². The maximum atomic E-state index is 8.88. The zero-order valence-electron chi connectivity index (χ0n) is 4.20. The van der Waals surface area contributed by atoms with Gasteiger partial charge in [-0.25, -0.2) is 4.57 Å². The van der Waals surface area contributed by atoms with E-state index in [1.807, 2.05) is 0 Å². The normalized spacial score (nSPS) is 9.83. The predicted molar refractivity (Wildman–Crippen MR) is 15.4 cm³/mol. The summed E-state index contributed by atoms with van der Waals surface area (Å²) in [5.41, 5.74) is 0. The van der Waals surface area contributed by atoms with Crippen LogP contribution in [0.4, 0.5) is 0 Å². The van der Waals surface area contributed by atoms with Crippen molar-refractivity contribution in [2.24, 2.45) is 0 Å². The fourth-order valence-corrected chi connectivity index (χ4v) is 0. The summed E-state index contributed by atoms with van der Waals surface area (Å²) in [5.74, 6) is 0. The Balaban J connectivity index is -0.0000000800. The molecule has 0 aliphatic carbocycles. The molecular formula is H4CsO4P. The SMILES string of the molecule is O=P(O)(O)O.[Cs+].[H-]. The van der Waals surface area contributed by atoms with E-state index in [4.69, 9.17) is 19.2 Å². The van der Waals surface area contributed by atoms with Gasteiger partial charge in [0.2, 0.25) is 0 Å². The zero-order chi connectivity index (χ0) is 4.50. The monoisotopic (exact) mass is 232 g/mol. The minimum atomic E-state index is -4.64. The molecule has 3 N–H and O–H groups in total. The average Bonchev–Trinajstić information content (AvgIpc) is 0.722. The summed E-state index contributed by atoms with van der Waals surface area (Å²) in [7, 11) is -4.64. The number of hydrogen-bond donors (Lipinski definition) is 3. The number of phosphoric acid groups is 1. The average molecular weight is 232 g/mol. The van der Waals surface area contributed by atoms with Gasteiger partial charge in [-0.3, -0.25) is 0 Å². The Labute approximate surface area is 95.1 Å². The van der Waals surface area contributed by atoms with Gasteiger partial charge in [0.25, 0.3) is 0 Å². The molecule has 6 heavy (non-hydrogen) atoms. The molecule has 6 heteroatoms. The van der Waals surface area contributed by atoms with Gasteiger partial charge in [0, 0.05) is 0 Å². The summed E-state index contributed by atoms with van der Waals surface area (Å²) >= 11 is 0. The van der Waals surface area contributed by atoms with Crippen molar-refractivity contribution in [1.29, 1.82) is 0 Å². The Morgan fingerprint density at radius 2 is 1.33 bits per heavy atom. The molecule has 0 aromatic heterocycles. The van der Waals surface area contributed by atoms with Crippen LogP contribution in [0.15, 0.2) is 0 Å². The van der Waals surface area contributed by atoms with E-state index in [1.54, 1.807) is 0 Å². The van der Waals surface area contributed by atoms with Crippen LogP contribution in [0.5, 0.6) is 0 Å². The summed E-state index contributed by atoms with van der Waals surface area (Å²) in [6, 6.07) is 0. The molecule has 0 spiro atoms. The van der Waals surface area contributed by atoms with Crippen molar-refractivity contribution in [1.82, 2.24) is 0 Å². The van der Waals surface area contributed by atoms with Crippen molar-refractivity contribution in [3.05, 3.63) is 0 Å². The largest absolute Gasteiger partial charge is 1.00 e. The number of rotatable bonds is 0. The summed E-state index contributed by atoms with van der Waals surface area (Å²) in [5, 5.41) is 0.